The second kappa shape index (κ2) is 9.41. The number of nitrogens with zero attached hydrogens (tertiary/aromatic N) is 3. The van der Waals surface area contributed by atoms with Gasteiger partial charge < -0.3 is 17.2 Å². The topological polar surface area (TPSA) is 178 Å². The number of carbonyl (C=O) groups excluding carboxylic acids is 1. The number of pyridine rings is 1. The number of sulfonamides is 1. The number of aromatic nitrogens is 1. The van der Waals surface area contributed by atoms with Crippen molar-refractivity contribution in [2.75, 3.05) is 6.54 Å². The number of guanidine groups is 1. The van der Waals surface area contributed by atoms with E-state index in [-0.39, 0.29) is 34.7 Å². The lowest BCUT2D eigenvalue weighted by atomic mass is 10.1. The molecule has 0 fully saturated rings. The minimum atomic E-state index is -4.48. The number of primary amides is 1. The number of aliphatic imine (C=N–C) groups is 1. The lowest BCUT2D eigenvalue weighted by Gasteiger charge is -2.22. The van der Waals surface area contributed by atoms with Crippen molar-refractivity contribution in [2.45, 2.75) is 23.8 Å². The van der Waals surface area contributed by atoms with Crippen LogP contribution < -0.4 is 17.2 Å². The van der Waals surface area contributed by atoms with Crippen molar-refractivity contribution >= 4 is 21.9 Å². The molecule has 7 N–H and O–H groups in total. The number of carbonyl (C=O) groups is 1. The molecule has 1 amide bonds. The fourth-order valence-corrected chi connectivity index (χ4v) is 3.67. The molecule has 156 valence electrons. The van der Waals surface area contributed by atoms with E-state index in [1.807, 2.05) is 0 Å². The molecule has 0 aliphatic heterocycles. The number of hydroxylamine groups is 1. The Morgan fingerprint density at radius 3 is 2.52 bits per heavy atom. The normalized spacial score (nSPS) is 12.5. The molecular formula is C17H21FN6O4S. The van der Waals surface area contributed by atoms with Crippen LogP contribution in [-0.4, -0.2) is 47.5 Å². The van der Waals surface area contributed by atoms with Gasteiger partial charge in [0, 0.05) is 18.3 Å². The molecule has 29 heavy (non-hydrogen) atoms. The number of nitrogens with two attached hydrogens (primary N) is 3. The Morgan fingerprint density at radius 1 is 1.24 bits per heavy atom. The van der Waals surface area contributed by atoms with E-state index >= 15 is 0 Å². The van der Waals surface area contributed by atoms with E-state index in [1.54, 1.807) is 6.07 Å². The maximum Gasteiger partial charge on any atom is 0.267 e. The standard InChI is InChI=1S/C17H21FN6O4S/c18-12-4-1-3-11(9-12)14-7-6-13(10-23-14)29(27,28)24(26)15(16(19)25)5-2-8-22-17(20)21/h1,3-4,6-7,9-10,15,26H,2,5,8H2,(H2,19,25)(H4,20,21,22)/t15-/m1/s1. The second-order valence-corrected chi connectivity index (χ2v) is 7.83. The summed E-state index contributed by atoms with van der Waals surface area (Å²) in [4.78, 5) is 19.0. The van der Waals surface area contributed by atoms with E-state index in [2.05, 4.69) is 9.98 Å². The smallest absolute Gasteiger partial charge is 0.267 e. The Labute approximate surface area is 166 Å². The number of rotatable bonds is 9. The number of benzene rings is 1. The maximum absolute atomic E-state index is 13.3. The van der Waals surface area contributed by atoms with Crippen LogP contribution in [0.1, 0.15) is 12.8 Å². The number of halogens is 1. The summed E-state index contributed by atoms with van der Waals surface area (Å²) >= 11 is 0. The first kappa shape index (κ1) is 22.2. The summed E-state index contributed by atoms with van der Waals surface area (Å²) in [5.41, 5.74) is 16.4. The molecule has 1 aromatic heterocycles. The Bertz CT molecular complexity index is 993. The second-order valence-electron chi connectivity index (χ2n) is 6.03. The predicted molar refractivity (Wildman–Crippen MR) is 103 cm³/mol. The highest BCUT2D eigenvalue weighted by Crippen LogP contribution is 2.22. The largest absolute Gasteiger partial charge is 0.370 e. The van der Waals surface area contributed by atoms with Gasteiger partial charge in [0.2, 0.25) is 5.91 Å². The highest BCUT2D eigenvalue weighted by molar-refractivity contribution is 7.89. The molecule has 0 bridgehead atoms. The summed E-state index contributed by atoms with van der Waals surface area (Å²) in [5, 5.41) is 10.2. The van der Waals surface area contributed by atoms with Gasteiger partial charge in [-0.25, -0.2) is 12.8 Å². The molecule has 1 aromatic carbocycles. The molecule has 0 unspecified atom stereocenters. The summed E-state index contributed by atoms with van der Waals surface area (Å²) in [6.07, 6.45) is 1.10. The van der Waals surface area contributed by atoms with Gasteiger partial charge in [-0.3, -0.25) is 20.0 Å². The minimum Gasteiger partial charge on any atom is -0.370 e. The zero-order valence-electron chi connectivity index (χ0n) is 15.3. The van der Waals surface area contributed by atoms with Gasteiger partial charge in [-0.15, -0.1) is 0 Å². The lowest BCUT2D eigenvalue weighted by molar-refractivity contribution is -0.131. The van der Waals surface area contributed by atoms with Crippen molar-refractivity contribution in [3.63, 3.8) is 0 Å². The van der Waals surface area contributed by atoms with Crippen molar-refractivity contribution in [1.29, 1.82) is 0 Å². The van der Waals surface area contributed by atoms with Gasteiger partial charge in [0.05, 0.1) is 5.69 Å². The lowest BCUT2D eigenvalue weighted by Crippen LogP contribution is -2.46. The average Bonchev–Trinajstić information content (AvgIpc) is 2.67. The number of amides is 1. The number of hydrogen-bond acceptors (Lipinski definition) is 6. The molecule has 2 rings (SSSR count). The van der Waals surface area contributed by atoms with Crippen molar-refractivity contribution in [2.24, 2.45) is 22.2 Å². The highest BCUT2D eigenvalue weighted by Gasteiger charge is 2.34. The third-order valence-corrected chi connectivity index (χ3v) is 5.51. The SMILES string of the molecule is NC(=O)[C@@H](CCCN=C(N)N)N(O)S(=O)(=O)c1ccc(-c2cccc(F)c2)nc1. The van der Waals surface area contributed by atoms with Crippen LogP contribution in [-0.2, 0) is 14.8 Å². The third-order valence-electron chi connectivity index (χ3n) is 3.93. The maximum atomic E-state index is 13.3. The van der Waals surface area contributed by atoms with Crippen molar-refractivity contribution < 1.29 is 22.8 Å². The molecule has 0 saturated heterocycles. The van der Waals surface area contributed by atoms with Crippen LogP contribution in [0.4, 0.5) is 4.39 Å². The van der Waals surface area contributed by atoms with Crippen LogP contribution >= 0.6 is 0 Å². The molecule has 0 aliphatic rings. The quantitative estimate of drug-likeness (QED) is 0.192. The fourth-order valence-electron chi connectivity index (χ4n) is 2.48. The number of hydrogen-bond donors (Lipinski definition) is 4. The summed E-state index contributed by atoms with van der Waals surface area (Å²) in [5.74, 6) is -1.66. The fraction of sp³-hybridized carbons (Fsp3) is 0.235. The first-order chi connectivity index (χ1) is 13.6. The minimum absolute atomic E-state index is 0.0935. The first-order valence-corrected chi connectivity index (χ1v) is 9.87. The summed E-state index contributed by atoms with van der Waals surface area (Å²) in [7, 11) is -4.48. The molecule has 0 aliphatic carbocycles. The summed E-state index contributed by atoms with van der Waals surface area (Å²) < 4.78 is 38.5. The molecular weight excluding hydrogens is 403 g/mol. The van der Waals surface area contributed by atoms with Crippen molar-refractivity contribution in [3.05, 3.63) is 48.4 Å². The van der Waals surface area contributed by atoms with E-state index < -0.39 is 27.8 Å². The zero-order chi connectivity index (χ0) is 21.6. The van der Waals surface area contributed by atoms with Crippen LogP contribution in [0.2, 0.25) is 0 Å². The van der Waals surface area contributed by atoms with Gasteiger partial charge in [0.1, 0.15) is 16.8 Å². The van der Waals surface area contributed by atoms with E-state index in [0.29, 0.717) is 11.3 Å². The van der Waals surface area contributed by atoms with E-state index in [4.69, 9.17) is 17.2 Å². The van der Waals surface area contributed by atoms with E-state index in [1.165, 1.54) is 30.3 Å². The van der Waals surface area contributed by atoms with Gasteiger partial charge >= 0.3 is 0 Å². The van der Waals surface area contributed by atoms with Crippen LogP contribution in [0.3, 0.4) is 0 Å². The average molecular weight is 424 g/mol. The first-order valence-electron chi connectivity index (χ1n) is 8.43. The van der Waals surface area contributed by atoms with E-state index in [9.17, 15) is 22.8 Å². The van der Waals surface area contributed by atoms with Gasteiger partial charge in [-0.1, -0.05) is 16.6 Å². The highest BCUT2D eigenvalue weighted by atomic mass is 32.2. The van der Waals surface area contributed by atoms with Crippen LogP contribution in [0.5, 0.6) is 0 Å². The molecule has 10 nitrogen and oxygen atoms in total. The van der Waals surface area contributed by atoms with Gasteiger partial charge in [0.25, 0.3) is 10.0 Å². The molecule has 0 spiro atoms. The Morgan fingerprint density at radius 2 is 1.97 bits per heavy atom. The third kappa shape index (κ3) is 5.70. The molecule has 12 heteroatoms. The van der Waals surface area contributed by atoms with Crippen LogP contribution in [0.15, 0.2) is 52.5 Å². The van der Waals surface area contributed by atoms with Gasteiger partial charge in [-0.05, 0) is 37.1 Å². The van der Waals surface area contributed by atoms with Gasteiger partial charge in [-0.2, -0.15) is 0 Å². The van der Waals surface area contributed by atoms with Crippen molar-refractivity contribution in [1.82, 2.24) is 9.45 Å². The van der Waals surface area contributed by atoms with E-state index in [0.717, 1.165) is 6.20 Å². The zero-order valence-corrected chi connectivity index (χ0v) is 16.1. The van der Waals surface area contributed by atoms with Crippen LogP contribution in [0.25, 0.3) is 11.3 Å². The van der Waals surface area contributed by atoms with Gasteiger partial charge in [0.15, 0.2) is 5.96 Å². The Kier molecular flexibility index (Phi) is 7.20. The molecule has 0 saturated carbocycles. The monoisotopic (exact) mass is 424 g/mol. The summed E-state index contributed by atoms with van der Waals surface area (Å²) in [6, 6.07) is 6.63. The molecule has 2 aromatic rings. The Balaban J connectivity index is 2.20. The Hall–Kier alpha value is -3.09. The van der Waals surface area contributed by atoms with Crippen LogP contribution in [0, 0.1) is 5.82 Å². The molecule has 1 atom stereocenters. The summed E-state index contributed by atoms with van der Waals surface area (Å²) in [6.45, 7) is 0.129. The molecule has 0 radical (unpaired) electrons. The molecule has 1 heterocycles. The van der Waals surface area contributed by atoms with Crippen molar-refractivity contribution in [3.8, 4) is 11.3 Å². The predicted octanol–water partition coefficient (Wildman–Crippen LogP) is 0.175.